The van der Waals surface area contributed by atoms with E-state index in [1.165, 1.54) is 0 Å². The average Bonchev–Trinajstić information content (AvgIpc) is 3.37. The smallest absolute Gasteiger partial charge is 0.306 e. The Balaban J connectivity index is 1.33. The van der Waals surface area contributed by atoms with E-state index >= 15 is 0 Å². The van der Waals surface area contributed by atoms with Crippen LogP contribution in [0, 0.1) is 17.2 Å². The Bertz CT molecular complexity index is 1450. The molecule has 4 heterocycles. The van der Waals surface area contributed by atoms with Crippen LogP contribution in [0.2, 0.25) is 0 Å². The van der Waals surface area contributed by atoms with Crippen LogP contribution in [0.1, 0.15) is 24.1 Å². The van der Waals surface area contributed by atoms with Crippen LogP contribution in [0.25, 0.3) is 22.5 Å². The molecule has 0 unspecified atom stereocenters. The van der Waals surface area contributed by atoms with Gasteiger partial charge in [-0.3, -0.25) is 4.79 Å². The van der Waals surface area contributed by atoms with Gasteiger partial charge in [-0.2, -0.15) is 5.26 Å². The summed E-state index contributed by atoms with van der Waals surface area (Å²) in [4.78, 5) is 22.5. The van der Waals surface area contributed by atoms with Gasteiger partial charge >= 0.3 is 5.97 Å². The Morgan fingerprint density at radius 3 is 2.64 bits per heavy atom. The van der Waals surface area contributed by atoms with Crippen molar-refractivity contribution in [3.63, 3.8) is 0 Å². The Labute approximate surface area is 207 Å². The Morgan fingerprint density at radius 2 is 1.86 bits per heavy atom. The van der Waals surface area contributed by atoms with Crippen LogP contribution in [-0.2, 0) is 11.3 Å². The summed E-state index contributed by atoms with van der Waals surface area (Å²) in [6.45, 7) is 1.78. The van der Waals surface area contributed by atoms with Crippen molar-refractivity contribution in [2.24, 2.45) is 5.92 Å². The average molecular weight is 481 g/mol. The van der Waals surface area contributed by atoms with Crippen molar-refractivity contribution in [1.29, 1.82) is 5.26 Å². The van der Waals surface area contributed by atoms with Crippen molar-refractivity contribution in [2.75, 3.05) is 23.7 Å². The maximum absolute atomic E-state index is 11.2. The van der Waals surface area contributed by atoms with E-state index in [9.17, 15) is 15.2 Å². The number of benzene rings is 1. The second kappa shape index (κ2) is 9.84. The van der Waals surface area contributed by atoms with Crippen molar-refractivity contribution < 1.29 is 9.90 Å². The van der Waals surface area contributed by atoms with Crippen molar-refractivity contribution in [1.82, 2.24) is 25.0 Å². The van der Waals surface area contributed by atoms with Gasteiger partial charge in [-0.1, -0.05) is 23.4 Å². The molecule has 180 valence electrons. The van der Waals surface area contributed by atoms with Gasteiger partial charge in [0.15, 0.2) is 0 Å². The third-order valence-corrected chi connectivity index (χ3v) is 6.25. The van der Waals surface area contributed by atoms with E-state index in [1.807, 2.05) is 42.6 Å². The predicted molar refractivity (Wildman–Crippen MR) is 134 cm³/mol. The van der Waals surface area contributed by atoms with Gasteiger partial charge < -0.3 is 15.7 Å². The lowest BCUT2D eigenvalue weighted by Gasteiger charge is -2.31. The maximum Gasteiger partial charge on any atom is 0.306 e. The SMILES string of the molecule is N#Cc1cccc(-c2cc(-c3cn(Cc4cccc(N5CCC(C(=O)O)CC5)n4)nn3)cc(N)n2)c1. The highest BCUT2D eigenvalue weighted by Gasteiger charge is 2.25. The van der Waals surface area contributed by atoms with Gasteiger partial charge in [0.2, 0.25) is 0 Å². The number of pyridine rings is 2. The maximum atomic E-state index is 11.2. The number of hydrogen-bond acceptors (Lipinski definition) is 8. The second-order valence-corrected chi connectivity index (χ2v) is 8.75. The van der Waals surface area contributed by atoms with Crippen LogP contribution >= 0.6 is 0 Å². The first-order valence-corrected chi connectivity index (χ1v) is 11.6. The molecule has 0 aliphatic carbocycles. The first-order chi connectivity index (χ1) is 17.5. The van der Waals surface area contributed by atoms with E-state index in [-0.39, 0.29) is 5.92 Å². The number of carboxylic acid groups (broad SMARTS) is 1. The fourth-order valence-electron chi connectivity index (χ4n) is 4.36. The Morgan fingerprint density at radius 1 is 1.06 bits per heavy atom. The number of aromatic nitrogens is 5. The largest absolute Gasteiger partial charge is 0.481 e. The van der Waals surface area contributed by atoms with E-state index < -0.39 is 5.97 Å². The highest BCUT2D eigenvalue weighted by Crippen LogP contribution is 2.27. The molecular weight excluding hydrogens is 456 g/mol. The molecule has 1 aliphatic rings. The summed E-state index contributed by atoms with van der Waals surface area (Å²) in [5, 5.41) is 27.0. The molecule has 3 N–H and O–H groups in total. The second-order valence-electron chi connectivity index (χ2n) is 8.75. The number of nitrogens with zero attached hydrogens (tertiary/aromatic N) is 7. The zero-order valence-corrected chi connectivity index (χ0v) is 19.4. The Kier molecular flexibility index (Phi) is 6.28. The molecule has 4 aromatic rings. The number of nitrogen functional groups attached to an aromatic ring is 1. The number of rotatable bonds is 6. The minimum Gasteiger partial charge on any atom is -0.481 e. The molecule has 10 nitrogen and oxygen atoms in total. The molecule has 1 aliphatic heterocycles. The van der Waals surface area contributed by atoms with E-state index in [1.54, 1.807) is 22.9 Å². The molecule has 1 aromatic carbocycles. The quantitative estimate of drug-likeness (QED) is 0.424. The Hall–Kier alpha value is -4.78. The fourth-order valence-corrected chi connectivity index (χ4v) is 4.36. The van der Waals surface area contributed by atoms with Crippen LogP contribution in [-0.4, -0.2) is 49.1 Å². The molecule has 0 radical (unpaired) electrons. The van der Waals surface area contributed by atoms with E-state index in [4.69, 9.17) is 10.7 Å². The zero-order chi connectivity index (χ0) is 25.1. The van der Waals surface area contributed by atoms with Crippen LogP contribution in [0.3, 0.4) is 0 Å². The number of anilines is 2. The summed E-state index contributed by atoms with van der Waals surface area (Å²) in [6.07, 6.45) is 3.06. The highest BCUT2D eigenvalue weighted by molar-refractivity contribution is 5.72. The normalized spacial score (nSPS) is 13.9. The van der Waals surface area contributed by atoms with Gasteiger partial charge in [0.25, 0.3) is 0 Å². The number of hydrogen-bond donors (Lipinski definition) is 2. The van der Waals surface area contributed by atoms with Crippen molar-refractivity contribution in [2.45, 2.75) is 19.4 Å². The van der Waals surface area contributed by atoms with Gasteiger partial charge in [0, 0.05) is 24.2 Å². The van der Waals surface area contributed by atoms with Crippen molar-refractivity contribution in [3.05, 3.63) is 72.1 Å². The molecule has 5 rings (SSSR count). The number of carbonyl (C=O) groups is 1. The summed E-state index contributed by atoms with van der Waals surface area (Å²) < 4.78 is 1.71. The third kappa shape index (κ3) is 5.00. The van der Waals surface area contributed by atoms with Crippen molar-refractivity contribution >= 4 is 17.6 Å². The van der Waals surface area contributed by atoms with E-state index in [2.05, 4.69) is 26.3 Å². The van der Waals surface area contributed by atoms with E-state index in [0.717, 1.165) is 22.6 Å². The summed E-state index contributed by atoms with van der Waals surface area (Å²) in [5.41, 5.74) is 10.3. The van der Waals surface area contributed by atoms with E-state index in [0.29, 0.717) is 55.2 Å². The molecule has 36 heavy (non-hydrogen) atoms. The summed E-state index contributed by atoms with van der Waals surface area (Å²) in [5.74, 6) is 0.177. The van der Waals surface area contributed by atoms with Crippen LogP contribution in [0.15, 0.2) is 60.8 Å². The number of nitriles is 1. The molecular formula is C26H24N8O2. The van der Waals surface area contributed by atoms with Gasteiger partial charge in [-0.25, -0.2) is 14.6 Å². The first kappa shape index (κ1) is 23.0. The lowest BCUT2D eigenvalue weighted by Crippen LogP contribution is -2.36. The standard InChI is InChI=1S/C26H24N8O2/c27-14-17-3-1-4-19(11-17)22-12-20(13-24(28)30-22)23-16-34(32-31-23)15-21-5-2-6-25(29-21)33-9-7-18(8-10-33)26(35)36/h1-6,11-13,16,18H,7-10,15H2,(H2,28,30)(H,35,36). The first-order valence-electron chi connectivity index (χ1n) is 11.6. The highest BCUT2D eigenvalue weighted by atomic mass is 16.4. The van der Waals surface area contributed by atoms with Crippen LogP contribution in [0.4, 0.5) is 11.6 Å². The molecule has 0 amide bonds. The number of nitrogens with two attached hydrogens (primary N) is 1. The molecule has 0 saturated carbocycles. The summed E-state index contributed by atoms with van der Waals surface area (Å²) >= 11 is 0. The molecule has 0 atom stereocenters. The number of piperidine rings is 1. The number of aliphatic carboxylic acids is 1. The lowest BCUT2D eigenvalue weighted by molar-refractivity contribution is -0.142. The van der Waals surface area contributed by atoms with Crippen LogP contribution < -0.4 is 10.6 Å². The molecule has 3 aromatic heterocycles. The summed E-state index contributed by atoms with van der Waals surface area (Å²) in [6, 6.07) is 18.8. The fraction of sp³-hybridized carbons (Fsp3) is 0.231. The van der Waals surface area contributed by atoms with Gasteiger partial charge in [-0.15, -0.1) is 5.10 Å². The lowest BCUT2D eigenvalue weighted by atomic mass is 9.97. The molecule has 0 bridgehead atoms. The molecule has 1 fully saturated rings. The number of carboxylic acids is 1. The molecule has 1 saturated heterocycles. The van der Waals surface area contributed by atoms with Gasteiger partial charge in [0.1, 0.15) is 17.3 Å². The molecule has 10 heteroatoms. The van der Waals surface area contributed by atoms with Crippen LogP contribution in [0.5, 0.6) is 0 Å². The van der Waals surface area contributed by atoms with Crippen molar-refractivity contribution in [3.8, 4) is 28.6 Å². The monoisotopic (exact) mass is 480 g/mol. The van der Waals surface area contributed by atoms with Gasteiger partial charge in [0.05, 0.1) is 41.7 Å². The third-order valence-electron chi connectivity index (χ3n) is 6.25. The molecule has 0 spiro atoms. The predicted octanol–water partition coefficient (Wildman–Crippen LogP) is 3.21. The zero-order valence-electron chi connectivity index (χ0n) is 19.4. The minimum absolute atomic E-state index is 0.281. The van der Waals surface area contributed by atoms with Gasteiger partial charge in [-0.05, 0) is 49.2 Å². The topological polar surface area (TPSA) is 147 Å². The summed E-state index contributed by atoms with van der Waals surface area (Å²) in [7, 11) is 0. The minimum atomic E-state index is -0.725.